The highest BCUT2D eigenvalue weighted by atomic mass is 16.2. The van der Waals surface area contributed by atoms with Crippen molar-refractivity contribution in [1.82, 2.24) is 20.1 Å². The summed E-state index contributed by atoms with van der Waals surface area (Å²) in [5, 5.41) is 3.33. The third-order valence-electron chi connectivity index (χ3n) is 4.46. The van der Waals surface area contributed by atoms with Crippen LogP contribution in [-0.2, 0) is 11.3 Å². The molecule has 1 aromatic heterocycles. The topological polar surface area (TPSA) is 48.5 Å². The van der Waals surface area contributed by atoms with Crippen LogP contribution in [0, 0.1) is 5.92 Å². The van der Waals surface area contributed by atoms with Crippen LogP contribution >= 0.6 is 0 Å². The molecule has 2 aliphatic heterocycles. The number of pyridine rings is 1. The van der Waals surface area contributed by atoms with Crippen molar-refractivity contribution in [3.05, 3.63) is 30.1 Å². The molecule has 1 atom stereocenters. The Morgan fingerprint density at radius 3 is 2.86 bits per heavy atom. The Morgan fingerprint density at radius 1 is 1.33 bits per heavy atom. The number of piperazine rings is 1. The Labute approximate surface area is 126 Å². The van der Waals surface area contributed by atoms with E-state index in [1.807, 2.05) is 12.3 Å². The van der Waals surface area contributed by atoms with Gasteiger partial charge in [0.05, 0.1) is 5.92 Å². The molecule has 3 rings (SSSR count). The van der Waals surface area contributed by atoms with Gasteiger partial charge in [0.25, 0.3) is 0 Å². The molecule has 114 valence electrons. The molecule has 0 bridgehead atoms. The maximum absolute atomic E-state index is 12.5. The molecule has 0 spiro atoms. The van der Waals surface area contributed by atoms with Gasteiger partial charge in [-0.25, -0.2) is 0 Å². The molecule has 21 heavy (non-hydrogen) atoms. The van der Waals surface area contributed by atoms with Crippen LogP contribution < -0.4 is 5.32 Å². The van der Waals surface area contributed by atoms with Gasteiger partial charge in [0.2, 0.25) is 5.91 Å². The normalized spacial score (nSPS) is 24.0. The molecule has 5 heteroatoms. The second-order valence-electron chi connectivity index (χ2n) is 6.01. The van der Waals surface area contributed by atoms with Crippen LogP contribution in [0.2, 0.25) is 0 Å². The number of rotatable bonds is 3. The van der Waals surface area contributed by atoms with E-state index in [0.29, 0.717) is 5.91 Å². The van der Waals surface area contributed by atoms with Crippen LogP contribution in [0.3, 0.4) is 0 Å². The summed E-state index contributed by atoms with van der Waals surface area (Å²) >= 11 is 0. The largest absolute Gasteiger partial charge is 0.340 e. The van der Waals surface area contributed by atoms with Gasteiger partial charge in [-0.3, -0.25) is 14.7 Å². The number of nitrogens with one attached hydrogen (secondary N) is 1. The number of hydrogen-bond acceptors (Lipinski definition) is 4. The summed E-state index contributed by atoms with van der Waals surface area (Å²) in [6.45, 7) is 6.48. The molecule has 0 radical (unpaired) electrons. The van der Waals surface area contributed by atoms with Gasteiger partial charge in [-0.2, -0.15) is 0 Å². The number of carbonyl (C=O) groups excluding carboxylic acids is 1. The van der Waals surface area contributed by atoms with E-state index in [9.17, 15) is 4.79 Å². The molecule has 2 saturated heterocycles. The van der Waals surface area contributed by atoms with Crippen LogP contribution in [0.25, 0.3) is 0 Å². The molecule has 2 fully saturated rings. The third kappa shape index (κ3) is 3.80. The lowest BCUT2D eigenvalue weighted by Gasteiger charge is -2.37. The van der Waals surface area contributed by atoms with Crippen molar-refractivity contribution >= 4 is 5.91 Å². The van der Waals surface area contributed by atoms with Gasteiger partial charge in [-0.1, -0.05) is 6.07 Å². The minimum Gasteiger partial charge on any atom is -0.340 e. The molecule has 5 nitrogen and oxygen atoms in total. The van der Waals surface area contributed by atoms with Crippen LogP contribution in [0.4, 0.5) is 0 Å². The van der Waals surface area contributed by atoms with E-state index >= 15 is 0 Å². The van der Waals surface area contributed by atoms with Crippen molar-refractivity contribution in [2.75, 3.05) is 39.3 Å². The first-order valence-corrected chi connectivity index (χ1v) is 7.94. The molecule has 0 aliphatic carbocycles. The van der Waals surface area contributed by atoms with Gasteiger partial charge in [0.1, 0.15) is 0 Å². The van der Waals surface area contributed by atoms with E-state index in [1.54, 1.807) is 6.20 Å². The lowest BCUT2D eigenvalue weighted by atomic mass is 9.98. The van der Waals surface area contributed by atoms with E-state index < -0.39 is 0 Å². The highest BCUT2D eigenvalue weighted by Gasteiger charge is 2.28. The lowest BCUT2D eigenvalue weighted by Crippen LogP contribution is -2.51. The lowest BCUT2D eigenvalue weighted by molar-refractivity contribution is -0.137. The van der Waals surface area contributed by atoms with Gasteiger partial charge >= 0.3 is 0 Å². The molecule has 1 N–H and O–H groups in total. The van der Waals surface area contributed by atoms with Gasteiger partial charge in [0.15, 0.2) is 0 Å². The van der Waals surface area contributed by atoms with Crippen molar-refractivity contribution in [3.63, 3.8) is 0 Å². The first kappa shape index (κ1) is 14.5. The van der Waals surface area contributed by atoms with Gasteiger partial charge in [-0.05, 0) is 31.0 Å². The molecular weight excluding hydrogens is 264 g/mol. The van der Waals surface area contributed by atoms with Crippen molar-refractivity contribution in [1.29, 1.82) is 0 Å². The number of amides is 1. The maximum Gasteiger partial charge on any atom is 0.227 e. The van der Waals surface area contributed by atoms with E-state index in [0.717, 1.165) is 58.7 Å². The summed E-state index contributed by atoms with van der Waals surface area (Å²) in [6.07, 6.45) is 5.89. The average molecular weight is 288 g/mol. The van der Waals surface area contributed by atoms with Crippen molar-refractivity contribution in [2.24, 2.45) is 5.92 Å². The zero-order valence-electron chi connectivity index (χ0n) is 12.5. The zero-order chi connectivity index (χ0) is 14.5. The third-order valence-corrected chi connectivity index (χ3v) is 4.46. The predicted octanol–water partition coefficient (Wildman–Crippen LogP) is 0.725. The van der Waals surface area contributed by atoms with Crippen molar-refractivity contribution in [3.8, 4) is 0 Å². The SMILES string of the molecule is O=C(C1CCCNC1)N1CCN(Cc2cccnc2)CC1. The van der Waals surface area contributed by atoms with Crippen molar-refractivity contribution in [2.45, 2.75) is 19.4 Å². The minimum atomic E-state index is 0.198. The Hall–Kier alpha value is -1.46. The maximum atomic E-state index is 12.5. The van der Waals surface area contributed by atoms with Crippen LogP contribution in [0.1, 0.15) is 18.4 Å². The first-order chi connectivity index (χ1) is 10.3. The van der Waals surface area contributed by atoms with Crippen LogP contribution in [-0.4, -0.2) is 60.0 Å². The van der Waals surface area contributed by atoms with Crippen LogP contribution in [0.15, 0.2) is 24.5 Å². The number of nitrogens with zero attached hydrogens (tertiary/aromatic N) is 3. The summed E-state index contributed by atoms with van der Waals surface area (Å²) < 4.78 is 0. The quantitative estimate of drug-likeness (QED) is 0.890. The second-order valence-corrected chi connectivity index (χ2v) is 6.01. The van der Waals surface area contributed by atoms with Crippen molar-refractivity contribution < 1.29 is 4.79 Å². The summed E-state index contributed by atoms with van der Waals surface area (Å²) in [5.74, 6) is 0.548. The van der Waals surface area contributed by atoms with E-state index in [1.165, 1.54) is 5.56 Å². The van der Waals surface area contributed by atoms with Gasteiger partial charge < -0.3 is 10.2 Å². The minimum absolute atomic E-state index is 0.198. The summed E-state index contributed by atoms with van der Waals surface area (Å²) in [7, 11) is 0. The molecule has 1 amide bonds. The van der Waals surface area contributed by atoms with E-state index in [4.69, 9.17) is 0 Å². The fourth-order valence-corrected chi connectivity index (χ4v) is 3.20. The average Bonchev–Trinajstić information content (AvgIpc) is 2.57. The number of hydrogen-bond donors (Lipinski definition) is 1. The molecule has 3 heterocycles. The zero-order valence-corrected chi connectivity index (χ0v) is 12.5. The number of aromatic nitrogens is 1. The summed E-state index contributed by atoms with van der Waals surface area (Å²) in [5.41, 5.74) is 1.24. The molecular formula is C16H24N4O. The van der Waals surface area contributed by atoms with E-state index in [-0.39, 0.29) is 5.92 Å². The molecule has 1 unspecified atom stereocenters. The first-order valence-electron chi connectivity index (χ1n) is 7.94. The Bertz CT molecular complexity index is 451. The molecule has 0 saturated carbocycles. The number of piperidine rings is 1. The standard InChI is InChI=1S/C16H24N4O/c21-16(15-4-2-6-18-12-15)20-9-7-19(8-10-20)13-14-3-1-5-17-11-14/h1,3,5,11,15,18H,2,4,6-10,12-13H2. The number of carbonyl (C=O) groups is 1. The molecule has 0 aromatic carbocycles. The molecule has 2 aliphatic rings. The Balaban J connectivity index is 1.47. The highest BCUT2D eigenvalue weighted by molar-refractivity contribution is 5.79. The summed E-state index contributed by atoms with van der Waals surface area (Å²) in [4.78, 5) is 21.1. The monoisotopic (exact) mass is 288 g/mol. The fourth-order valence-electron chi connectivity index (χ4n) is 3.20. The Morgan fingerprint density at radius 2 is 2.19 bits per heavy atom. The predicted molar refractivity (Wildman–Crippen MR) is 81.7 cm³/mol. The van der Waals surface area contributed by atoms with Crippen LogP contribution in [0.5, 0.6) is 0 Å². The van der Waals surface area contributed by atoms with Gasteiger partial charge in [-0.15, -0.1) is 0 Å². The van der Waals surface area contributed by atoms with Gasteiger partial charge in [0, 0.05) is 51.7 Å². The summed E-state index contributed by atoms with van der Waals surface area (Å²) in [6, 6.07) is 4.09. The second kappa shape index (κ2) is 7.00. The smallest absolute Gasteiger partial charge is 0.227 e. The molecule has 1 aromatic rings. The fraction of sp³-hybridized carbons (Fsp3) is 0.625. The van der Waals surface area contributed by atoms with E-state index in [2.05, 4.69) is 26.2 Å². The highest BCUT2D eigenvalue weighted by Crippen LogP contribution is 2.15. The Kier molecular flexibility index (Phi) is 4.83.